The summed E-state index contributed by atoms with van der Waals surface area (Å²) in [6.45, 7) is 8.92. The van der Waals surface area contributed by atoms with Gasteiger partial charge in [-0.3, -0.25) is 4.90 Å². The number of nitrogens with one attached hydrogen (secondary N) is 1. The Morgan fingerprint density at radius 3 is 2.32 bits per heavy atom. The van der Waals surface area contributed by atoms with E-state index in [1.54, 1.807) is 0 Å². The van der Waals surface area contributed by atoms with Crippen LogP contribution in [0.15, 0.2) is 24.3 Å². The number of hydrogen-bond donors (Lipinski definition) is 1. The van der Waals surface area contributed by atoms with Gasteiger partial charge in [0.1, 0.15) is 0 Å². The topological polar surface area (TPSA) is 15.3 Å². The normalized spacial score (nSPS) is 17.2. The number of rotatable bonds is 7. The lowest BCUT2D eigenvalue weighted by Crippen LogP contribution is -2.25. The highest BCUT2D eigenvalue weighted by molar-refractivity contribution is 5.25. The van der Waals surface area contributed by atoms with E-state index < -0.39 is 0 Å². The van der Waals surface area contributed by atoms with E-state index in [2.05, 4.69) is 62.3 Å². The molecule has 0 amide bonds. The van der Waals surface area contributed by atoms with E-state index in [-0.39, 0.29) is 0 Å². The first-order valence-corrected chi connectivity index (χ1v) is 7.58. The number of benzene rings is 1. The Morgan fingerprint density at radius 1 is 1.16 bits per heavy atom. The summed E-state index contributed by atoms with van der Waals surface area (Å²) in [5, 5.41) is 3.61. The zero-order chi connectivity index (χ0) is 13.8. The van der Waals surface area contributed by atoms with Crippen molar-refractivity contribution >= 4 is 0 Å². The van der Waals surface area contributed by atoms with E-state index in [1.165, 1.54) is 24.0 Å². The minimum absolute atomic E-state index is 0.598. The lowest BCUT2D eigenvalue weighted by molar-refractivity contribution is 0.266. The van der Waals surface area contributed by atoms with Gasteiger partial charge in [-0.25, -0.2) is 0 Å². The van der Waals surface area contributed by atoms with Gasteiger partial charge in [0.25, 0.3) is 0 Å². The van der Waals surface area contributed by atoms with Gasteiger partial charge in [-0.05, 0) is 50.8 Å². The molecule has 1 aliphatic carbocycles. The second-order valence-electron chi connectivity index (χ2n) is 6.33. The predicted molar refractivity (Wildman–Crippen MR) is 82.5 cm³/mol. The molecule has 0 radical (unpaired) electrons. The van der Waals surface area contributed by atoms with Crippen LogP contribution in [0.25, 0.3) is 0 Å². The van der Waals surface area contributed by atoms with Crippen LogP contribution in [-0.2, 0) is 6.54 Å². The highest BCUT2D eigenvalue weighted by Crippen LogP contribution is 2.21. The van der Waals surface area contributed by atoms with Gasteiger partial charge in [0.2, 0.25) is 0 Å². The molecule has 1 saturated carbocycles. The Labute approximate surface area is 118 Å². The third-order valence-electron chi connectivity index (χ3n) is 4.15. The van der Waals surface area contributed by atoms with Crippen LogP contribution in [0, 0.1) is 0 Å². The van der Waals surface area contributed by atoms with Gasteiger partial charge in [-0.1, -0.05) is 31.2 Å². The standard InChI is InChI=1S/C17H28N2/c1-13(2)19(4)12-15-5-7-16(8-6-15)14(3)11-18-17-9-10-17/h5-8,13-14,17-18H,9-12H2,1-4H3. The molecular weight excluding hydrogens is 232 g/mol. The van der Waals surface area contributed by atoms with Crippen molar-refractivity contribution in [1.82, 2.24) is 10.2 Å². The Bertz CT molecular complexity index is 379. The monoisotopic (exact) mass is 260 g/mol. The van der Waals surface area contributed by atoms with Crippen molar-refractivity contribution in [2.45, 2.75) is 58.2 Å². The molecule has 106 valence electrons. The Kier molecular flexibility index (Phi) is 5.00. The van der Waals surface area contributed by atoms with Crippen molar-refractivity contribution in [1.29, 1.82) is 0 Å². The molecule has 0 spiro atoms. The molecular formula is C17H28N2. The largest absolute Gasteiger partial charge is 0.313 e. The fraction of sp³-hybridized carbons (Fsp3) is 0.647. The summed E-state index contributed by atoms with van der Waals surface area (Å²) in [5.41, 5.74) is 2.85. The van der Waals surface area contributed by atoms with Gasteiger partial charge in [0, 0.05) is 25.2 Å². The SMILES string of the molecule is CC(CNC1CC1)c1ccc(CN(C)C(C)C)cc1. The molecule has 1 aliphatic rings. The highest BCUT2D eigenvalue weighted by Gasteiger charge is 2.21. The smallest absolute Gasteiger partial charge is 0.0233 e. The summed E-state index contributed by atoms with van der Waals surface area (Å²) in [7, 11) is 2.18. The first kappa shape index (κ1) is 14.5. The van der Waals surface area contributed by atoms with E-state index in [4.69, 9.17) is 0 Å². The fourth-order valence-corrected chi connectivity index (χ4v) is 2.17. The zero-order valence-electron chi connectivity index (χ0n) is 12.8. The highest BCUT2D eigenvalue weighted by atomic mass is 15.1. The van der Waals surface area contributed by atoms with Crippen molar-refractivity contribution in [3.63, 3.8) is 0 Å². The second kappa shape index (κ2) is 6.53. The molecule has 0 aliphatic heterocycles. The maximum absolute atomic E-state index is 3.61. The summed E-state index contributed by atoms with van der Waals surface area (Å²) in [4.78, 5) is 2.37. The van der Waals surface area contributed by atoms with Crippen molar-refractivity contribution < 1.29 is 0 Å². The lowest BCUT2D eigenvalue weighted by atomic mass is 9.99. The molecule has 0 aromatic heterocycles. The van der Waals surface area contributed by atoms with Crippen LogP contribution in [0.2, 0.25) is 0 Å². The maximum atomic E-state index is 3.61. The lowest BCUT2D eigenvalue weighted by Gasteiger charge is -2.21. The Balaban J connectivity index is 1.85. The van der Waals surface area contributed by atoms with Gasteiger partial charge < -0.3 is 5.32 Å². The van der Waals surface area contributed by atoms with E-state index in [0.29, 0.717) is 12.0 Å². The molecule has 19 heavy (non-hydrogen) atoms. The van der Waals surface area contributed by atoms with Crippen LogP contribution in [0.5, 0.6) is 0 Å². The number of nitrogens with zero attached hydrogens (tertiary/aromatic N) is 1. The summed E-state index contributed by atoms with van der Waals surface area (Å²) >= 11 is 0. The molecule has 2 nitrogen and oxygen atoms in total. The van der Waals surface area contributed by atoms with Crippen molar-refractivity contribution in [3.05, 3.63) is 35.4 Å². The summed E-state index contributed by atoms with van der Waals surface area (Å²) in [6, 6.07) is 10.6. The van der Waals surface area contributed by atoms with Crippen LogP contribution in [0.1, 0.15) is 50.7 Å². The Morgan fingerprint density at radius 2 is 1.79 bits per heavy atom. The molecule has 1 N–H and O–H groups in total. The van der Waals surface area contributed by atoms with Crippen molar-refractivity contribution in [2.24, 2.45) is 0 Å². The number of hydrogen-bond acceptors (Lipinski definition) is 2. The average Bonchev–Trinajstić information content (AvgIpc) is 3.20. The second-order valence-corrected chi connectivity index (χ2v) is 6.33. The van der Waals surface area contributed by atoms with Crippen LogP contribution in [0.4, 0.5) is 0 Å². The van der Waals surface area contributed by atoms with Crippen molar-refractivity contribution in [3.8, 4) is 0 Å². The minimum atomic E-state index is 0.598. The Hall–Kier alpha value is -0.860. The maximum Gasteiger partial charge on any atom is 0.0233 e. The summed E-state index contributed by atoms with van der Waals surface area (Å²) < 4.78 is 0. The van der Waals surface area contributed by atoms with Gasteiger partial charge in [0.15, 0.2) is 0 Å². The van der Waals surface area contributed by atoms with E-state index >= 15 is 0 Å². The van der Waals surface area contributed by atoms with Crippen LogP contribution in [-0.4, -0.2) is 30.6 Å². The van der Waals surface area contributed by atoms with Crippen LogP contribution in [0.3, 0.4) is 0 Å². The van der Waals surface area contributed by atoms with E-state index in [0.717, 1.165) is 19.1 Å². The van der Waals surface area contributed by atoms with E-state index in [1.807, 2.05) is 0 Å². The third-order valence-corrected chi connectivity index (χ3v) is 4.15. The molecule has 2 rings (SSSR count). The molecule has 1 aromatic carbocycles. The minimum Gasteiger partial charge on any atom is -0.313 e. The first-order valence-electron chi connectivity index (χ1n) is 7.58. The molecule has 0 bridgehead atoms. The predicted octanol–water partition coefficient (Wildman–Crippen LogP) is 3.38. The first-order chi connectivity index (χ1) is 9.06. The molecule has 2 heteroatoms. The molecule has 0 heterocycles. The summed E-state index contributed by atoms with van der Waals surface area (Å²) in [5.74, 6) is 0.609. The van der Waals surface area contributed by atoms with Gasteiger partial charge in [0.05, 0.1) is 0 Å². The molecule has 1 unspecified atom stereocenters. The van der Waals surface area contributed by atoms with Crippen LogP contribution >= 0.6 is 0 Å². The molecule has 1 aromatic rings. The van der Waals surface area contributed by atoms with Gasteiger partial charge in [-0.15, -0.1) is 0 Å². The van der Waals surface area contributed by atoms with Gasteiger partial charge in [-0.2, -0.15) is 0 Å². The zero-order valence-corrected chi connectivity index (χ0v) is 12.8. The van der Waals surface area contributed by atoms with Crippen molar-refractivity contribution in [2.75, 3.05) is 13.6 Å². The molecule has 1 atom stereocenters. The molecule has 1 fully saturated rings. The molecule has 0 saturated heterocycles. The quantitative estimate of drug-likeness (QED) is 0.808. The third kappa shape index (κ3) is 4.63. The van der Waals surface area contributed by atoms with E-state index in [9.17, 15) is 0 Å². The van der Waals surface area contributed by atoms with Crippen LogP contribution < -0.4 is 5.32 Å². The fourth-order valence-electron chi connectivity index (χ4n) is 2.17. The summed E-state index contributed by atoms with van der Waals surface area (Å²) in [6.07, 6.45) is 2.74. The van der Waals surface area contributed by atoms with Gasteiger partial charge >= 0.3 is 0 Å². The average molecular weight is 260 g/mol.